The average molecular weight is 337 g/mol. The summed E-state index contributed by atoms with van der Waals surface area (Å²) in [4.78, 5) is 13.1. The van der Waals surface area contributed by atoms with Gasteiger partial charge in [0.25, 0.3) is 0 Å². The first kappa shape index (κ1) is 16.6. The van der Waals surface area contributed by atoms with Crippen LogP contribution < -0.4 is 10.7 Å². The average Bonchev–Trinajstić information content (AvgIpc) is 2.95. The first-order valence-electron chi connectivity index (χ1n) is 9.33. The van der Waals surface area contributed by atoms with E-state index in [0.29, 0.717) is 5.92 Å². The Kier molecular flexibility index (Phi) is 4.26. The van der Waals surface area contributed by atoms with E-state index >= 15 is 0 Å². The van der Waals surface area contributed by atoms with Crippen molar-refractivity contribution >= 4 is 16.7 Å². The summed E-state index contributed by atoms with van der Waals surface area (Å²) in [6.45, 7) is 7.08. The molecule has 0 aromatic heterocycles. The molecule has 2 aromatic rings. The van der Waals surface area contributed by atoms with Gasteiger partial charge in [-0.1, -0.05) is 42.5 Å². The molecule has 25 heavy (non-hydrogen) atoms. The number of hydrazine groups is 1. The SMILES string of the molecule is CC(C)(NC(=O)C1CNN2CCC1CC2)c1cccc2ccccc12. The zero-order chi connectivity index (χ0) is 17.4. The molecule has 4 heteroatoms. The Morgan fingerprint density at radius 1 is 1.12 bits per heavy atom. The number of hydrogen-bond acceptors (Lipinski definition) is 3. The normalized spacial score (nSPS) is 26.4. The molecule has 1 unspecified atom stereocenters. The van der Waals surface area contributed by atoms with Crippen molar-refractivity contribution in [3.05, 3.63) is 48.0 Å². The monoisotopic (exact) mass is 337 g/mol. The van der Waals surface area contributed by atoms with Crippen LogP contribution in [-0.4, -0.2) is 30.6 Å². The van der Waals surface area contributed by atoms with Crippen LogP contribution in [0.3, 0.4) is 0 Å². The Morgan fingerprint density at radius 2 is 1.84 bits per heavy atom. The number of hydrogen-bond donors (Lipinski definition) is 2. The van der Waals surface area contributed by atoms with Crippen LogP contribution in [-0.2, 0) is 10.3 Å². The van der Waals surface area contributed by atoms with Crippen LogP contribution >= 0.6 is 0 Å². The van der Waals surface area contributed by atoms with Crippen molar-refractivity contribution in [2.24, 2.45) is 11.8 Å². The largest absolute Gasteiger partial charge is 0.347 e. The van der Waals surface area contributed by atoms with E-state index in [9.17, 15) is 4.79 Å². The number of benzene rings is 2. The van der Waals surface area contributed by atoms with E-state index in [2.05, 4.69) is 72.1 Å². The number of fused-ring (bicyclic) bond motifs is 5. The minimum atomic E-state index is -0.400. The highest BCUT2D eigenvalue weighted by Crippen LogP contribution is 2.31. The van der Waals surface area contributed by atoms with E-state index in [1.54, 1.807) is 0 Å². The second kappa shape index (κ2) is 6.43. The smallest absolute Gasteiger partial charge is 0.225 e. The van der Waals surface area contributed by atoms with Gasteiger partial charge in [-0.15, -0.1) is 0 Å². The van der Waals surface area contributed by atoms with Gasteiger partial charge in [-0.25, -0.2) is 5.01 Å². The van der Waals surface area contributed by atoms with Gasteiger partial charge < -0.3 is 5.32 Å². The van der Waals surface area contributed by atoms with Crippen molar-refractivity contribution in [3.8, 4) is 0 Å². The molecule has 1 amide bonds. The zero-order valence-corrected chi connectivity index (χ0v) is 15.1. The van der Waals surface area contributed by atoms with E-state index < -0.39 is 5.54 Å². The molecule has 3 saturated heterocycles. The lowest BCUT2D eigenvalue weighted by atomic mass is 9.83. The zero-order valence-electron chi connectivity index (χ0n) is 15.1. The van der Waals surface area contributed by atoms with Crippen molar-refractivity contribution in [3.63, 3.8) is 0 Å². The second-order valence-electron chi connectivity index (χ2n) is 7.93. The van der Waals surface area contributed by atoms with Gasteiger partial charge in [0.15, 0.2) is 0 Å². The maximum Gasteiger partial charge on any atom is 0.225 e. The summed E-state index contributed by atoms with van der Waals surface area (Å²) in [5, 5.41) is 8.03. The number of piperidine rings is 1. The van der Waals surface area contributed by atoms with Gasteiger partial charge >= 0.3 is 0 Å². The molecule has 3 heterocycles. The number of amides is 1. The van der Waals surface area contributed by atoms with E-state index in [4.69, 9.17) is 0 Å². The molecule has 0 radical (unpaired) electrons. The molecule has 0 saturated carbocycles. The highest BCUT2D eigenvalue weighted by atomic mass is 16.2. The molecule has 3 fully saturated rings. The Morgan fingerprint density at radius 3 is 2.64 bits per heavy atom. The minimum absolute atomic E-state index is 0.0572. The lowest BCUT2D eigenvalue weighted by Gasteiger charge is -2.32. The van der Waals surface area contributed by atoms with Crippen LogP contribution in [0.15, 0.2) is 42.5 Å². The highest BCUT2D eigenvalue weighted by Gasteiger charge is 2.37. The topological polar surface area (TPSA) is 44.4 Å². The third-order valence-corrected chi connectivity index (χ3v) is 5.88. The van der Waals surface area contributed by atoms with Crippen molar-refractivity contribution < 1.29 is 4.79 Å². The maximum atomic E-state index is 13.1. The summed E-state index contributed by atoms with van der Waals surface area (Å²) in [6.07, 6.45) is 2.22. The summed E-state index contributed by atoms with van der Waals surface area (Å²) in [5.74, 6) is 0.732. The first-order chi connectivity index (χ1) is 12.0. The number of carbonyl (C=O) groups excluding carboxylic acids is 1. The third kappa shape index (κ3) is 3.16. The predicted molar refractivity (Wildman–Crippen MR) is 101 cm³/mol. The Hall–Kier alpha value is -1.91. The van der Waals surface area contributed by atoms with Crippen LogP contribution in [0.1, 0.15) is 32.3 Å². The fraction of sp³-hybridized carbons (Fsp3) is 0.476. The van der Waals surface area contributed by atoms with Crippen LogP contribution in [0, 0.1) is 11.8 Å². The Balaban J connectivity index is 1.59. The van der Waals surface area contributed by atoms with Crippen molar-refractivity contribution in [1.29, 1.82) is 0 Å². The summed E-state index contributed by atoms with van der Waals surface area (Å²) >= 11 is 0. The van der Waals surface area contributed by atoms with Gasteiger partial charge in [0, 0.05) is 19.6 Å². The summed E-state index contributed by atoms with van der Waals surface area (Å²) in [7, 11) is 0. The molecule has 3 aliphatic rings. The van der Waals surface area contributed by atoms with Gasteiger partial charge in [0.1, 0.15) is 0 Å². The third-order valence-electron chi connectivity index (χ3n) is 5.88. The fourth-order valence-electron chi connectivity index (χ4n) is 4.40. The molecular weight excluding hydrogens is 310 g/mol. The minimum Gasteiger partial charge on any atom is -0.347 e. The summed E-state index contributed by atoms with van der Waals surface area (Å²) in [6, 6.07) is 14.7. The van der Waals surface area contributed by atoms with Crippen molar-refractivity contribution in [1.82, 2.24) is 15.8 Å². The fourth-order valence-corrected chi connectivity index (χ4v) is 4.40. The van der Waals surface area contributed by atoms with Gasteiger partial charge in [-0.3, -0.25) is 10.2 Å². The van der Waals surface area contributed by atoms with E-state index in [-0.39, 0.29) is 11.8 Å². The lowest BCUT2D eigenvalue weighted by Crippen LogP contribution is -2.47. The van der Waals surface area contributed by atoms with Gasteiger partial charge in [-0.2, -0.15) is 0 Å². The standard InChI is InChI=1S/C21H27N3O/c1-21(2,19-9-5-7-15-6-3-4-8-17(15)19)23-20(25)18-14-22-24-12-10-16(18)11-13-24/h3-9,16,18,22H,10-14H2,1-2H3,(H,23,25). The number of carbonyl (C=O) groups is 1. The predicted octanol–water partition coefficient (Wildman–Crippen LogP) is 3.04. The molecule has 0 aliphatic carbocycles. The molecule has 3 aliphatic heterocycles. The van der Waals surface area contributed by atoms with E-state index in [1.807, 2.05) is 0 Å². The molecule has 132 valence electrons. The lowest BCUT2D eigenvalue weighted by molar-refractivity contribution is -0.128. The maximum absolute atomic E-state index is 13.1. The van der Waals surface area contributed by atoms with Gasteiger partial charge in [0.05, 0.1) is 11.5 Å². The molecule has 4 nitrogen and oxygen atoms in total. The van der Waals surface area contributed by atoms with E-state index in [0.717, 1.165) is 32.5 Å². The molecular formula is C21H27N3O. The van der Waals surface area contributed by atoms with Crippen molar-refractivity contribution in [2.75, 3.05) is 19.6 Å². The molecule has 2 N–H and O–H groups in total. The van der Waals surface area contributed by atoms with Crippen LogP contribution in [0.5, 0.6) is 0 Å². The van der Waals surface area contributed by atoms with Crippen LogP contribution in [0.4, 0.5) is 0 Å². The van der Waals surface area contributed by atoms with Gasteiger partial charge in [-0.05, 0) is 48.9 Å². The van der Waals surface area contributed by atoms with Gasteiger partial charge in [0.2, 0.25) is 5.91 Å². The second-order valence-corrected chi connectivity index (χ2v) is 7.93. The molecule has 2 bridgehead atoms. The molecule has 2 aromatic carbocycles. The van der Waals surface area contributed by atoms with Crippen LogP contribution in [0.25, 0.3) is 10.8 Å². The number of nitrogens with one attached hydrogen (secondary N) is 2. The summed E-state index contributed by atoms with van der Waals surface area (Å²) < 4.78 is 0. The van der Waals surface area contributed by atoms with E-state index in [1.165, 1.54) is 16.3 Å². The van der Waals surface area contributed by atoms with Crippen LogP contribution in [0.2, 0.25) is 0 Å². The quantitative estimate of drug-likeness (QED) is 0.905. The first-order valence-corrected chi connectivity index (χ1v) is 9.33. The Labute approximate surface area is 149 Å². The molecule has 5 rings (SSSR count). The molecule has 0 spiro atoms. The Bertz CT molecular complexity index is 772. The summed E-state index contributed by atoms with van der Waals surface area (Å²) in [5.41, 5.74) is 4.21. The molecule has 1 atom stereocenters. The number of nitrogens with zero attached hydrogens (tertiary/aromatic N) is 1. The highest BCUT2D eigenvalue weighted by molar-refractivity contribution is 5.88. The van der Waals surface area contributed by atoms with Crippen molar-refractivity contribution in [2.45, 2.75) is 32.2 Å². The number of rotatable bonds is 3.